The molecule has 2 unspecified atom stereocenters. The van der Waals surface area contributed by atoms with Crippen molar-refractivity contribution < 1.29 is 9.53 Å². The second-order valence-electron chi connectivity index (χ2n) is 9.80. The number of carbonyl (C=O) groups excluding carboxylic acids is 1. The van der Waals surface area contributed by atoms with Gasteiger partial charge in [-0.05, 0) is 84.7 Å². The number of hydrogen-bond acceptors (Lipinski definition) is 4. The normalized spacial score (nSPS) is 28.9. The number of aromatic nitrogens is 1. The SMILES string of the molecule is CN1CC(CCOC(=O)C2CCCCCN2)C[C@H]2c3cccc4c3c(c(Br)n4C)C[C@@H]21. The highest BCUT2D eigenvalue weighted by molar-refractivity contribution is 9.10. The van der Waals surface area contributed by atoms with Crippen LogP contribution in [0.3, 0.4) is 0 Å². The largest absolute Gasteiger partial charge is 0.465 e. The lowest BCUT2D eigenvalue weighted by molar-refractivity contribution is -0.146. The Morgan fingerprint density at radius 2 is 2.13 bits per heavy atom. The highest BCUT2D eigenvalue weighted by Gasteiger charge is 2.40. The molecule has 0 radical (unpaired) electrons. The van der Waals surface area contributed by atoms with E-state index in [4.69, 9.17) is 4.74 Å². The molecule has 31 heavy (non-hydrogen) atoms. The van der Waals surface area contributed by atoms with Gasteiger partial charge in [0.15, 0.2) is 0 Å². The number of piperidine rings is 1. The molecule has 4 atom stereocenters. The van der Waals surface area contributed by atoms with Crippen molar-refractivity contribution >= 4 is 32.8 Å². The maximum atomic E-state index is 12.5. The summed E-state index contributed by atoms with van der Waals surface area (Å²) in [6, 6.07) is 7.22. The summed E-state index contributed by atoms with van der Waals surface area (Å²) >= 11 is 3.85. The molecule has 2 saturated heterocycles. The lowest BCUT2D eigenvalue weighted by Gasteiger charge is -2.45. The third-order valence-electron chi connectivity index (χ3n) is 7.87. The summed E-state index contributed by atoms with van der Waals surface area (Å²) in [5, 5.41) is 4.81. The first-order valence-corrected chi connectivity index (χ1v) is 12.7. The van der Waals surface area contributed by atoms with Crippen molar-refractivity contribution in [1.82, 2.24) is 14.8 Å². The smallest absolute Gasteiger partial charge is 0.323 e. The maximum Gasteiger partial charge on any atom is 0.323 e. The molecule has 3 heterocycles. The van der Waals surface area contributed by atoms with Crippen LogP contribution in [0, 0.1) is 5.92 Å². The Bertz CT molecular complexity index is 963. The third kappa shape index (κ3) is 3.96. The van der Waals surface area contributed by atoms with Crippen molar-refractivity contribution in [2.24, 2.45) is 13.0 Å². The molecule has 1 N–H and O–H groups in total. The van der Waals surface area contributed by atoms with Gasteiger partial charge >= 0.3 is 5.97 Å². The molecule has 0 amide bonds. The molecule has 3 aliphatic rings. The second-order valence-corrected chi connectivity index (χ2v) is 10.6. The molecule has 1 aliphatic carbocycles. The fraction of sp³-hybridized carbons (Fsp3) is 0.640. The predicted octanol–water partition coefficient (Wildman–Crippen LogP) is 4.37. The van der Waals surface area contributed by atoms with Crippen molar-refractivity contribution in [3.05, 3.63) is 33.9 Å². The zero-order valence-electron chi connectivity index (χ0n) is 18.7. The number of aryl methyl sites for hydroxylation is 1. The number of nitrogens with one attached hydrogen (secondary N) is 1. The zero-order chi connectivity index (χ0) is 21.5. The molecule has 1 aromatic carbocycles. The summed E-state index contributed by atoms with van der Waals surface area (Å²) in [6.45, 7) is 2.55. The molecule has 168 valence electrons. The van der Waals surface area contributed by atoms with E-state index in [9.17, 15) is 4.79 Å². The number of hydrogen-bond donors (Lipinski definition) is 1. The van der Waals surface area contributed by atoms with Gasteiger partial charge in [0.1, 0.15) is 6.04 Å². The van der Waals surface area contributed by atoms with Crippen molar-refractivity contribution in [3.8, 4) is 0 Å². The maximum absolute atomic E-state index is 12.5. The summed E-state index contributed by atoms with van der Waals surface area (Å²) in [6.07, 6.45) is 7.63. The number of nitrogens with zero attached hydrogens (tertiary/aromatic N) is 2. The number of likely N-dealkylation sites (N-methyl/N-ethyl adjacent to an activating group) is 1. The average Bonchev–Trinajstić information content (AvgIpc) is 2.96. The van der Waals surface area contributed by atoms with Crippen LogP contribution in [0.5, 0.6) is 0 Å². The average molecular weight is 488 g/mol. The number of benzene rings is 1. The predicted molar refractivity (Wildman–Crippen MR) is 127 cm³/mol. The Labute approximate surface area is 193 Å². The van der Waals surface area contributed by atoms with Gasteiger partial charge in [0, 0.05) is 36.5 Å². The number of ether oxygens (including phenoxy) is 1. The van der Waals surface area contributed by atoms with Crippen LogP contribution in [0.25, 0.3) is 10.9 Å². The molecule has 0 spiro atoms. The summed E-state index contributed by atoms with van der Waals surface area (Å²) in [4.78, 5) is 15.0. The number of carbonyl (C=O) groups is 1. The van der Waals surface area contributed by atoms with Crippen molar-refractivity contribution in [2.75, 3.05) is 26.7 Å². The molecule has 2 aliphatic heterocycles. The van der Waals surface area contributed by atoms with Crippen LogP contribution in [0.2, 0.25) is 0 Å². The lowest BCUT2D eigenvalue weighted by atomic mass is 9.72. The number of halogens is 1. The second kappa shape index (κ2) is 8.87. The van der Waals surface area contributed by atoms with Gasteiger partial charge in [-0.2, -0.15) is 0 Å². The van der Waals surface area contributed by atoms with E-state index in [1.807, 2.05) is 0 Å². The van der Waals surface area contributed by atoms with Crippen LogP contribution in [-0.4, -0.2) is 54.3 Å². The van der Waals surface area contributed by atoms with Gasteiger partial charge in [0.05, 0.1) is 11.2 Å². The van der Waals surface area contributed by atoms with E-state index in [-0.39, 0.29) is 12.0 Å². The minimum absolute atomic E-state index is 0.0508. The molecule has 6 heteroatoms. The quantitative estimate of drug-likeness (QED) is 0.650. The molecule has 2 fully saturated rings. The monoisotopic (exact) mass is 487 g/mol. The van der Waals surface area contributed by atoms with E-state index >= 15 is 0 Å². The van der Waals surface area contributed by atoms with E-state index in [2.05, 4.69) is 63.0 Å². The Kier molecular flexibility index (Phi) is 6.15. The summed E-state index contributed by atoms with van der Waals surface area (Å²) in [5.41, 5.74) is 4.29. The number of rotatable bonds is 4. The van der Waals surface area contributed by atoms with Gasteiger partial charge in [-0.1, -0.05) is 25.0 Å². The van der Waals surface area contributed by atoms with Gasteiger partial charge in [0.2, 0.25) is 0 Å². The Hall–Kier alpha value is -1.37. The molecular formula is C25H34BrN3O2. The fourth-order valence-electron chi connectivity index (χ4n) is 6.22. The highest BCUT2D eigenvalue weighted by Crippen LogP contribution is 2.47. The van der Waals surface area contributed by atoms with Gasteiger partial charge in [-0.15, -0.1) is 0 Å². The van der Waals surface area contributed by atoms with Gasteiger partial charge in [-0.25, -0.2) is 0 Å². The first-order chi connectivity index (χ1) is 15.0. The molecule has 5 rings (SSSR count). The number of esters is 1. The molecule has 0 saturated carbocycles. The summed E-state index contributed by atoms with van der Waals surface area (Å²) in [7, 11) is 4.42. The molecule has 2 aromatic rings. The highest BCUT2D eigenvalue weighted by atomic mass is 79.9. The standard InChI is InChI=1S/C25H34BrN3O2/c1-28-15-16(10-12-31-25(30)20-8-4-3-5-11-27-20)13-18-17-7-6-9-21-23(17)19(14-22(18)28)24(26)29(21)2/h6-7,9,16,18,20,22,27H,3-5,8,10-15H2,1-2H3/t16?,18-,20?,22-/m0/s1. The minimum atomic E-state index is -0.105. The van der Waals surface area contributed by atoms with Crippen molar-refractivity contribution in [2.45, 2.75) is 62.9 Å². The van der Waals surface area contributed by atoms with E-state index in [1.165, 1.54) is 39.5 Å². The summed E-state index contributed by atoms with van der Waals surface area (Å²) < 4.78 is 9.22. The fourth-order valence-corrected chi connectivity index (χ4v) is 6.77. The van der Waals surface area contributed by atoms with Crippen LogP contribution < -0.4 is 5.32 Å². The summed E-state index contributed by atoms with van der Waals surface area (Å²) in [5.74, 6) is 1.06. The lowest BCUT2D eigenvalue weighted by Crippen LogP contribution is -2.48. The minimum Gasteiger partial charge on any atom is -0.465 e. The van der Waals surface area contributed by atoms with E-state index < -0.39 is 0 Å². The third-order valence-corrected chi connectivity index (χ3v) is 8.88. The Balaban J connectivity index is 1.27. The molecule has 5 nitrogen and oxygen atoms in total. The molecule has 1 aromatic heterocycles. The van der Waals surface area contributed by atoms with Crippen molar-refractivity contribution in [1.29, 1.82) is 0 Å². The van der Waals surface area contributed by atoms with Crippen LogP contribution in [-0.2, 0) is 23.0 Å². The first kappa shape index (κ1) is 21.5. The molecular weight excluding hydrogens is 454 g/mol. The van der Waals surface area contributed by atoms with E-state index in [0.717, 1.165) is 45.2 Å². The number of likely N-dealkylation sites (tertiary alicyclic amines) is 1. The molecule has 0 bridgehead atoms. The Morgan fingerprint density at radius 3 is 3.00 bits per heavy atom. The van der Waals surface area contributed by atoms with Crippen LogP contribution >= 0.6 is 15.9 Å². The van der Waals surface area contributed by atoms with Crippen molar-refractivity contribution in [3.63, 3.8) is 0 Å². The van der Waals surface area contributed by atoms with Crippen LogP contribution in [0.1, 0.15) is 55.6 Å². The zero-order valence-corrected chi connectivity index (χ0v) is 20.3. The van der Waals surface area contributed by atoms with Gasteiger partial charge in [0.25, 0.3) is 0 Å². The van der Waals surface area contributed by atoms with E-state index in [1.54, 1.807) is 0 Å². The number of fused-ring (bicyclic) bond motifs is 2. The van der Waals surface area contributed by atoms with Crippen LogP contribution in [0.4, 0.5) is 0 Å². The first-order valence-electron chi connectivity index (χ1n) is 11.9. The van der Waals surface area contributed by atoms with Crippen LogP contribution in [0.15, 0.2) is 22.8 Å². The van der Waals surface area contributed by atoms with E-state index in [0.29, 0.717) is 24.5 Å². The topological polar surface area (TPSA) is 46.5 Å². The van der Waals surface area contributed by atoms with Gasteiger partial charge < -0.3 is 19.5 Å². The Morgan fingerprint density at radius 1 is 1.26 bits per heavy atom. The van der Waals surface area contributed by atoms with Gasteiger partial charge in [-0.3, -0.25) is 4.79 Å².